The molecule has 5 atom stereocenters. The number of aromatic nitrogens is 1. The van der Waals surface area contributed by atoms with Crippen LogP contribution in [0.2, 0.25) is 0 Å². The van der Waals surface area contributed by atoms with E-state index in [2.05, 4.69) is 10.3 Å². The largest absolute Gasteiger partial charge is 0.394 e. The zero-order valence-corrected chi connectivity index (χ0v) is 13.0. The van der Waals surface area contributed by atoms with Crippen molar-refractivity contribution >= 4 is 11.8 Å². The predicted octanol–water partition coefficient (Wildman–Crippen LogP) is -2.10. The molecule has 1 aromatic rings. The average molecular weight is 350 g/mol. The van der Waals surface area contributed by atoms with E-state index in [9.17, 15) is 19.8 Å². The second kappa shape index (κ2) is 6.50. The standard InChI is InChI=1S/C15H18N4O6/c16-15(12(23)8-2-1-4-17-6-8)3-5-19(14(24)18-15)13-11(22)10(21)9(7-20)25-13/h1-6,9-11,13,20-22H,7,16H2,(H,18,24)/t9-,10-,11-,13-,15?/m1/s1. The lowest BCUT2D eigenvalue weighted by atomic mass is 9.98. The van der Waals surface area contributed by atoms with Gasteiger partial charge in [0, 0.05) is 24.2 Å². The van der Waals surface area contributed by atoms with Crippen LogP contribution in [0.3, 0.4) is 0 Å². The van der Waals surface area contributed by atoms with Crippen molar-refractivity contribution in [3.05, 3.63) is 42.4 Å². The maximum absolute atomic E-state index is 12.5. The Kier molecular flexibility index (Phi) is 4.54. The molecule has 2 aliphatic heterocycles. The predicted molar refractivity (Wildman–Crippen MR) is 82.8 cm³/mol. The first-order chi connectivity index (χ1) is 11.9. The molecule has 0 saturated carbocycles. The van der Waals surface area contributed by atoms with E-state index in [1.54, 1.807) is 6.07 Å². The Bertz CT molecular complexity index is 699. The van der Waals surface area contributed by atoms with Crippen LogP contribution in [0.4, 0.5) is 4.79 Å². The molecule has 0 aromatic carbocycles. The number of nitrogens with zero attached hydrogens (tertiary/aromatic N) is 2. The third-order valence-electron chi connectivity index (χ3n) is 4.14. The average Bonchev–Trinajstić information content (AvgIpc) is 2.90. The number of carbonyl (C=O) groups excluding carboxylic acids is 2. The summed E-state index contributed by atoms with van der Waals surface area (Å²) in [7, 11) is 0. The quantitative estimate of drug-likeness (QED) is 0.386. The van der Waals surface area contributed by atoms with Crippen LogP contribution in [-0.2, 0) is 4.74 Å². The Hall–Kier alpha value is -2.37. The Labute approximate surface area is 142 Å². The summed E-state index contributed by atoms with van der Waals surface area (Å²) in [6.45, 7) is -0.520. The van der Waals surface area contributed by atoms with Crippen molar-refractivity contribution in [2.75, 3.05) is 6.61 Å². The number of urea groups is 1. The fourth-order valence-corrected chi connectivity index (χ4v) is 2.73. The molecular weight excluding hydrogens is 332 g/mol. The molecule has 0 bridgehead atoms. The van der Waals surface area contributed by atoms with Crippen LogP contribution in [0.15, 0.2) is 36.8 Å². The second-order valence-corrected chi connectivity index (χ2v) is 5.82. The van der Waals surface area contributed by atoms with Crippen molar-refractivity contribution in [3.8, 4) is 0 Å². The molecule has 1 fully saturated rings. The number of aliphatic hydroxyl groups is 3. The first kappa shape index (κ1) is 17.5. The Morgan fingerprint density at radius 2 is 2.20 bits per heavy atom. The molecule has 10 nitrogen and oxygen atoms in total. The van der Waals surface area contributed by atoms with Crippen molar-refractivity contribution in [3.63, 3.8) is 0 Å². The SMILES string of the molecule is NC1(C(=O)c2cccnc2)C=CN([C@@H]2O[C@H](CO)[C@@H](O)[C@H]2O)C(=O)N1. The number of hydrogen-bond acceptors (Lipinski definition) is 8. The highest BCUT2D eigenvalue weighted by molar-refractivity contribution is 6.06. The summed E-state index contributed by atoms with van der Waals surface area (Å²) >= 11 is 0. The van der Waals surface area contributed by atoms with Gasteiger partial charge in [-0.3, -0.25) is 20.4 Å². The van der Waals surface area contributed by atoms with Gasteiger partial charge in [0.2, 0.25) is 5.78 Å². The van der Waals surface area contributed by atoms with Crippen LogP contribution in [0, 0.1) is 0 Å². The van der Waals surface area contributed by atoms with Gasteiger partial charge in [0.1, 0.15) is 18.3 Å². The van der Waals surface area contributed by atoms with E-state index in [1.807, 2.05) is 0 Å². The summed E-state index contributed by atoms with van der Waals surface area (Å²) in [5.74, 6) is -0.564. The van der Waals surface area contributed by atoms with E-state index in [4.69, 9.17) is 15.6 Å². The van der Waals surface area contributed by atoms with Crippen LogP contribution >= 0.6 is 0 Å². The van der Waals surface area contributed by atoms with Crippen molar-refractivity contribution in [2.45, 2.75) is 30.2 Å². The van der Waals surface area contributed by atoms with E-state index < -0.39 is 48.6 Å². The maximum Gasteiger partial charge on any atom is 0.325 e. The molecule has 3 rings (SSSR count). The van der Waals surface area contributed by atoms with E-state index in [-0.39, 0.29) is 5.56 Å². The number of ether oxygens (including phenoxy) is 1. The number of ketones is 1. The molecule has 134 valence electrons. The van der Waals surface area contributed by atoms with Crippen molar-refractivity contribution in [2.24, 2.45) is 5.73 Å². The molecule has 2 amide bonds. The lowest BCUT2D eigenvalue weighted by Gasteiger charge is -2.36. The smallest absolute Gasteiger partial charge is 0.325 e. The zero-order valence-electron chi connectivity index (χ0n) is 13.0. The minimum Gasteiger partial charge on any atom is -0.394 e. The molecule has 1 saturated heterocycles. The first-order valence-corrected chi connectivity index (χ1v) is 7.53. The number of Topliss-reactive ketones (excluding diaryl/α,β-unsaturated/α-hetero) is 1. The third kappa shape index (κ3) is 3.01. The lowest BCUT2D eigenvalue weighted by Crippen LogP contribution is -2.66. The third-order valence-corrected chi connectivity index (χ3v) is 4.14. The summed E-state index contributed by atoms with van der Waals surface area (Å²) in [4.78, 5) is 29.7. The first-order valence-electron chi connectivity index (χ1n) is 7.53. The van der Waals surface area contributed by atoms with Gasteiger partial charge in [0.25, 0.3) is 0 Å². The van der Waals surface area contributed by atoms with E-state index >= 15 is 0 Å². The van der Waals surface area contributed by atoms with Gasteiger partial charge in [0.05, 0.1) is 6.61 Å². The summed E-state index contributed by atoms with van der Waals surface area (Å²) < 4.78 is 5.29. The number of amides is 2. The topological polar surface area (TPSA) is 158 Å². The van der Waals surface area contributed by atoms with Gasteiger partial charge in [-0.05, 0) is 18.2 Å². The number of carbonyl (C=O) groups is 2. The van der Waals surface area contributed by atoms with Gasteiger partial charge in [-0.25, -0.2) is 4.79 Å². The lowest BCUT2D eigenvalue weighted by molar-refractivity contribution is -0.0666. The number of hydrogen-bond donors (Lipinski definition) is 5. The van der Waals surface area contributed by atoms with Gasteiger partial charge in [0.15, 0.2) is 11.9 Å². The number of pyridine rings is 1. The molecule has 1 aromatic heterocycles. The van der Waals surface area contributed by atoms with Crippen LogP contribution < -0.4 is 11.1 Å². The number of nitrogens with two attached hydrogens (primary N) is 1. The highest BCUT2D eigenvalue weighted by Gasteiger charge is 2.48. The minimum atomic E-state index is -1.78. The second-order valence-electron chi connectivity index (χ2n) is 5.82. The van der Waals surface area contributed by atoms with E-state index in [0.29, 0.717) is 0 Å². The molecular formula is C15H18N4O6. The highest BCUT2D eigenvalue weighted by Crippen LogP contribution is 2.26. The minimum absolute atomic E-state index is 0.219. The zero-order chi connectivity index (χ0) is 18.2. The summed E-state index contributed by atoms with van der Waals surface area (Å²) in [6.07, 6.45) is 0.258. The number of aliphatic hydroxyl groups excluding tert-OH is 3. The molecule has 0 radical (unpaired) electrons. The van der Waals surface area contributed by atoms with Crippen molar-refractivity contribution in [1.82, 2.24) is 15.2 Å². The maximum atomic E-state index is 12.5. The van der Waals surface area contributed by atoms with Crippen LogP contribution in [0.5, 0.6) is 0 Å². The fraction of sp³-hybridized carbons (Fsp3) is 0.400. The monoisotopic (exact) mass is 350 g/mol. The molecule has 1 unspecified atom stereocenters. The molecule has 0 aliphatic carbocycles. The van der Waals surface area contributed by atoms with Crippen LogP contribution in [-0.4, -0.2) is 73.8 Å². The molecule has 3 heterocycles. The Balaban J connectivity index is 1.81. The van der Waals surface area contributed by atoms with Crippen LogP contribution in [0.25, 0.3) is 0 Å². The van der Waals surface area contributed by atoms with Gasteiger partial charge >= 0.3 is 6.03 Å². The molecule has 2 aliphatic rings. The summed E-state index contributed by atoms with van der Waals surface area (Å²) in [5.41, 5.74) is 4.42. The molecule has 10 heteroatoms. The van der Waals surface area contributed by atoms with Crippen LogP contribution in [0.1, 0.15) is 10.4 Å². The highest BCUT2D eigenvalue weighted by atomic mass is 16.6. The Morgan fingerprint density at radius 1 is 1.44 bits per heavy atom. The van der Waals surface area contributed by atoms with Crippen molar-refractivity contribution in [1.29, 1.82) is 0 Å². The number of nitrogens with one attached hydrogen (secondary N) is 1. The molecule has 25 heavy (non-hydrogen) atoms. The Morgan fingerprint density at radius 3 is 2.76 bits per heavy atom. The molecule has 6 N–H and O–H groups in total. The summed E-state index contributed by atoms with van der Waals surface area (Å²) in [6, 6.07) is 2.29. The fourth-order valence-electron chi connectivity index (χ4n) is 2.73. The molecule has 0 spiro atoms. The summed E-state index contributed by atoms with van der Waals surface area (Å²) in [5, 5.41) is 31.2. The van der Waals surface area contributed by atoms with Crippen molar-refractivity contribution < 1.29 is 29.6 Å². The number of rotatable bonds is 4. The van der Waals surface area contributed by atoms with Gasteiger partial charge in [-0.2, -0.15) is 0 Å². The normalized spacial score (nSPS) is 34.9. The van der Waals surface area contributed by atoms with E-state index in [0.717, 1.165) is 4.90 Å². The van der Waals surface area contributed by atoms with Gasteiger partial charge < -0.3 is 25.4 Å². The van der Waals surface area contributed by atoms with Gasteiger partial charge in [-0.1, -0.05) is 0 Å². The van der Waals surface area contributed by atoms with Gasteiger partial charge in [-0.15, -0.1) is 0 Å². The van der Waals surface area contributed by atoms with E-state index in [1.165, 1.54) is 30.7 Å².